The van der Waals surface area contributed by atoms with Gasteiger partial charge in [-0.25, -0.2) is 4.79 Å². The average Bonchev–Trinajstić information content (AvgIpc) is 2.46. The van der Waals surface area contributed by atoms with Gasteiger partial charge in [-0.15, -0.1) is 0 Å². The van der Waals surface area contributed by atoms with Crippen molar-refractivity contribution in [3.63, 3.8) is 0 Å². The summed E-state index contributed by atoms with van der Waals surface area (Å²) in [6.07, 6.45) is 1.88. The lowest BCUT2D eigenvalue weighted by Crippen LogP contribution is -2.21. The Labute approximate surface area is 140 Å². The normalized spacial score (nSPS) is 11.1. The van der Waals surface area contributed by atoms with E-state index in [2.05, 4.69) is 25.7 Å². The molecule has 0 radical (unpaired) electrons. The van der Waals surface area contributed by atoms with E-state index in [1.54, 1.807) is 0 Å². The number of hydrogen-bond donors (Lipinski definition) is 0. The summed E-state index contributed by atoms with van der Waals surface area (Å²) < 4.78 is 11.4. The molecule has 0 saturated carbocycles. The summed E-state index contributed by atoms with van der Waals surface area (Å²) in [4.78, 5) is 14.6. The van der Waals surface area contributed by atoms with Crippen molar-refractivity contribution in [1.29, 1.82) is 0 Å². The van der Waals surface area contributed by atoms with Gasteiger partial charge in [0.2, 0.25) is 0 Å². The van der Waals surface area contributed by atoms with Gasteiger partial charge >= 0.3 is 5.97 Å². The molecule has 0 heterocycles. The molecule has 0 amide bonds. The van der Waals surface area contributed by atoms with Crippen molar-refractivity contribution in [1.82, 2.24) is 4.90 Å². The molecule has 130 valence electrons. The molecule has 0 bridgehead atoms. The van der Waals surface area contributed by atoms with Crippen LogP contribution in [0.3, 0.4) is 0 Å². The number of esters is 1. The Balaban J connectivity index is 3.08. The second-order valence-corrected chi connectivity index (χ2v) is 6.47. The molecule has 23 heavy (non-hydrogen) atoms. The van der Waals surface area contributed by atoms with Crippen molar-refractivity contribution in [2.75, 3.05) is 33.9 Å². The molecule has 1 aromatic carbocycles. The van der Waals surface area contributed by atoms with Gasteiger partial charge in [0, 0.05) is 6.54 Å². The minimum atomic E-state index is -0.279. The molecule has 0 unspecified atom stereocenters. The van der Waals surface area contributed by atoms with Gasteiger partial charge in [0.1, 0.15) is 17.9 Å². The third-order valence-electron chi connectivity index (χ3n) is 3.74. The van der Waals surface area contributed by atoms with Gasteiger partial charge in [-0.2, -0.15) is 0 Å². The summed E-state index contributed by atoms with van der Waals surface area (Å²) in [5.41, 5.74) is 2.53. The number of hydrogen-bond acceptors (Lipinski definition) is 4. The topological polar surface area (TPSA) is 38.8 Å². The average molecular weight is 321 g/mol. The van der Waals surface area contributed by atoms with Crippen molar-refractivity contribution < 1.29 is 14.3 Å². The van der Waals surface area contributed by atoms with Gasteiger partial charge < -0.3 is 14.4 Å². The standard InChI is InChI=1S/C19H31NO3/c1-7-8-12-23-19(21)17-15(4)9-10-16(14(2)3)18(17)22-13-11-20(5)6/h9-10,14H,7-8,11-13H2,1-6H3. The number of carbonyl (C=O) groups is 1. The second kappa shape index (κ2) is 9.56. The van der Waals surface area contributed by atoms with Crippen molar-refractivity contribution in [3.05, 3.63) is 28.8 Å². The molecule has 0 aromatic heterocycles. The zero-order valence-electron chi connectivity index (χ0n) is 15.4. The van der Waals surface area contributed by atoms with Crippen LogP contribution < -0.4 is 4.74 Å². The number of carbonyl (C=O) groups excluding carboxylic acids is 1. The highest BCUT2D eigenvalue weighted by molar-refractivity contribution is 5.94. The number of rotatable bonds is 9. The summed E-state index contributed by atoms with van der Waals surface area (Å²) in [5.74, 6) is 0.689. The number of ether oxygens (including phenoxy) is 2. The van der Waals surface area contributed by atoms with Crippen molar-refractivity contribution in [3.8, 4) is 5.75 Å². The van der Waals surface area contributed by atoms with Crippen LogP contribution in [0.4, 0.5) is 0 Å². The van der Waals surface area contributed by atoms with E-state index in [9.17, 15) is 4.79 Å². The minimum Gasteiger partial charge on any atom is -0.491 e. The maximum Gasteiger partial charge on any atom is 0.342 e. The van der Waals surface area contributed by atoms with E-state index in [1.807, 2.05) is 33.2 Å². The lowest BCUT2D eigenvalue weighted by Gasteiger charge is -2.20. The minimum absolute atomic E-state index is 0.279. The SMILES string of the molecule is CCCCOC(=O)c1c(C)ccc(C(C)C)c1OCCN(C)C. The van der Waals surface area contributed by atoms with Crippen LogP contribution in [0.15, 0.2) is 12.1 Å². The van der Waals surface area contributed by atoms with E-state index >= 15 is 0 Å². The third-order valence-corrected chi connectivity index (χ3v) is 3.74. The fourth-order valence-electron chi connectivity index (χ4n) is 2.27. The van der Waals surface area contributed by atoms with Crippen molar-refractivity contribution in [2.24, 2.45) is 0 Å². The highest BCUT2D eigenvalue weighted by Crippen LogP contribution is 2.33. The van der Waals surface area contributed by atoms with E-state index in [1.165, 1.54) is 0 Å². The highest BCUT2D eigenvalue weighted by atomic mass is 16.5. The Kier molecular flexibility index (Phi) is 8.10. The predicted molar refractivity (Wildman–Crippen MR) is 94.5 cm³/mol. The number of unbranched alkanes of at least 4 members (excludes halogenated alkanes) is 1. The Morgan fingerprint density at radius 2 is 1.91 bits per heavy atom. The first-order valence-corrected chi connectivity index (χ1v) is 8.46. The molecule has 1 rings (SSSR count). The Morgan fingerprint density at radius 3 is 2.48 bits per heavy atom. The molecule has 0 spiro atoms. The number of likely N-dealkylation sites (N-methyl/N-ethyl adjacent to an activating group) is 1. The number of nitrogens with zero attached hydrogens (tertiary/aromatic N) is 1. The number of aryl methyl sites for hydroxylation is 1. The van der Waals surface area contributed by atoms with E-state index in [0.29, 0.717) is 24.5 Å². The first-order valence-electron chi connectivity index (χ1n) is 8.46. The maximum absolute atomic E-state index is 12.5. The van der Waals surface area contributed by atoms with Gasteiger partial charge in [-0.05, 0) is 44.5 Å². The summed E-state index contributed by atoms with van der Waals surface area (Å²) in [7, 11) is 4.01. The first-order chi connectivity index (χ1) is 10.9. The van der Waals surface area contributed by atoms with Gasteiger partial charge in [-0.1, -0.05) is 39.3 Å². The monoisotopic (exact) mass is 321 g/mol. The van der Waals surface area contributed by atoms with E-state index in [0.717, 1.165) is 30.5 Å². The molecule has 0 atom stereocenters. The lowest BCUT2D eigenvalue weighted by molar-refractivity contribution is 0.0493. The van der Waals surface area contributed by atoms with Gasteiger partial charge in [0.25, 0.3) is 0 Å². The number of benzene rings is 1. The molecule has 0 aliphatic rings. The highest BCUT2D eigenvalue weighted by Gasteiger charge is 2.22. The Bertz CT molecular complexity index is 510. The smallest absolute Gasteiger partial charge is 0.342 e. The van der Waals surface area contributed by atoms with E-state index in [4.69, 9.17) is 9.47 Å². The van der Waals surface area contributed by atoms with Crippen molar-refractivity contribution >= 4 is 5.97 Å². The summed E-state index contributed by atoms with van der Waals surface area (Å²) >= 11 is 0. The molecular weight excluding hydrogens is 290 g/mol. The zero-order valence-corrected chi connectivity index (χ0v) is 15.4. The second-order valence-electron chi connectivity index (χ2n) is 6.47. The molecule has 0 aliphatic heterocycles. The lowest BCUT2D eigenvalue weighted by atomic mass is 9.96. The third kappa shape index (κ3) is 5.87. The largest absolute Gasteiger partial charge is 0.491 e. The fourth-order valence-corrected chi connectivity index (χ4v) is 2.27. The Hall–Kier alpha value is -1.55. The quantitative estimate of drug-likeness (QED) is 0.509. The van der Waals surface area contributed by atoms with Gasteiger partial charge in [-0.3, -0.25) is 0 Å². The molecule has 1 aromatic rings. The van der Waals surface area contributed by atoms with Crippen LogP contribution in [-0.4, -0.2) is 44.7 Å². The zero-order chi connectivity index (χ0) is 17.4. The molecule has 0 saturated heterocycles. The molecule has 0 fully saturated rings. The molecule has 4 nitrogen and oxygen atoms in total. The molecule has 0 N–H and O–H groups in total. The van der Waals surface area contributed by atoms with Crippen LogP contribution in [0.5, 0.6) is 5.75 Å². The van der Waals surface area contributed by atoms with Crippen LogP contribution in [0.1, 0.15) is 61.0 Å². The van der Waals surface area contributed by atoms with Gasteiger partial charge in [0.15, 0.2) is 0 Å². The molecular formula is C19H31NO3. The maximum atomic E-state index is 12.5. The van der Waals surface area contributed by atoms with Crippen LogP contribution in [0.25, 0.3) is 0 Å². The van der Waals surface area contributed by atoms with Crippen molar-refractivity contribution in [2.45, 2.75) is 46.5 Å². The van der Waals surface area contributed by atoms with Crippen LogP contribution >= 0.6 is 0 Å². The van der Waals surface area contributed by atoms with Crippen LogP contribution in [0.2, 0.25) is 0 Å². The van der Waals surface area contributed by atoms with Gasteiger partial charge in [0.05, 0.1) is 6.61 Å². The van der Waals surface area contributed by atoms with E-state index in [-0.39, 0.29) is 11.9 Å². The first kappa shape index (κ1) is 19.5. The van der Waals surface area contributed by atoms with E-state index < -0.39 is 0 Å². The fraction of sp³-hybridized carbons (Fsp3) is 0.632. The molecule has 4 heteroatoms. The summed E-state index contributed by atoms with van der Waals surface area (Å²) in [5, 5.41) is 0. The predicted octanol–water partition coefficient (Wildman–Crippen LogP) is 4.02. The summed E-state index contributed by atoms with van der Waals surface area (Å²) in [6.45, 7) is 10.0. The van der Waals surface area contributed by atoms with Crippen LogP contribution in [-0.2, 0) is 4.74 Å². The summed E-state index contributed by atoms with van der Waals surface area (Å²) in [6, 6.07) is 4.03. The molecule has 0 aliphatic carbocycles. The van der Waals surface area contributed by atoms with Crippen LogP contribution in [0, 0.1) is 6.92 Å². The Morgan fingerprint density at radius 1 is 1.22 bits per heavy atom.